The van der Waals surface area contributed by atoms with Gasteiger partial charge in [0.15, 0.2) is 0 Å². The smallest absolute Gasteiger partial charge is 0.292 e. The van der Waals surface area contributed by atoms with Gasteiger partial charge in [-0.25, -0.2) is 0 Å². The van der Waals surface area contributed by atoms with Crippen molar-refractivity contribution in [3.63, 3.8) is 0 Å². The van der Waals surface area contributed by atoms with Crippen LogP contribution < -0.4 is 10.6 Å². The molecule has 0 radical (unpaired) electrons. The number of rotatable bonds is 6. The van der Waals surface area contributed by atoms with Gasteiger partial charge in [0.1, 0.15) is 5.69 Å². The molecule has 24 heavy (non-hydrogen) atoms. The first-order valence-corrected chi connectivity index (χ1v) is 7.62. The molecule has 0 fully saturated rings. The van der Waals surface area contributed by atoms with Crippen LogP contribution >= 0.6 is 0 Å². The first-order chi connectivity index (χ1) is 11.5. The van der Waals surface area contributed by atoms with Crippen molar-refractivity contribution in [2.75, 3.05) is 11.9 Å². The van der Waals surface area contributed by atoms with Crippen molar-refractivity contribution in [3.05, 3.63) is 59.2 Å². The van der Waals surface area contributed by atoms with E-state index in [2.05, 4.69) is 17.2 Å². The molecule has 0 heterocycles. The highest BCUT2D eigenvalue weighted by Crippen LogP contribution is 2.29. The van der Waals surface area contributed by atoms with Crippen LogP contribution in [0.2, 0.25) is 0 Å². The molecule has 0 saturated carbocycles. The second-order valence-corrected chi connectivity index (χ2v) is 5.45. The van der Waals surface area contributed by atoms with Gasteiger partial charge in [0.25, 0.3) is 5.69 Å². The molecular weight excluding hydrogens is 310 g/mol. The maximum absolute atomic E-state index is 12.6. The van der Waals surface area contributed by atoms with Gasteiger partial charge in [0.05, 0.1) is 16.8 Å². The van der Waals surface area contributed by atoms with E-state index in [1.807, 2.05) is 12.2 Å². The van der Waals surface area contributed by atoms with Crippen molar-refractivity contribution in [2.45, 2.75) is 12.8 Å². The van der Waals surface area contributed by atoms with Gasteiger partial charge in [0, 0.05) is 12.6 Å². The van der Waals surface area contributed by atoms with Crippen molar-refractivity contribution >= 4 is 23.2 Å². The molecule has 0 unspecified atom stereocenters. The van der Waals surface area contributed by atoms with E-state index < -0.39 is 22.7 Å². The lowest BCUT2D eigenvalue weighted by Gasteiger charge is -2.26. The molecule has 0 spiro atoms. The molecule has 1 aliphatic rings. The summed E-state index contributed by atoms with van der Waals surface area (Å²) in [6.45, 7) is 3.87. The highest BCUT2D eigenvalue weighted by molar-refractivity contribution is 5.97. The van der Waals surface area contributed by atoms with E-state index >= 15 is 0 Å². The molecule has 126 valence electrons. The molecule has 1 aliphatic carbocycles. The molecule has 0 bridgehead atoms. The number of nitrogens with zero attached hydrogens (tertiary/aromatic N) is 1. The zero-order valence-electron chi connectivity index (χ0n) is 13.1. The number of hydrogen-bond donors (Lipinski definition) is 2. The van der Waals surface area contributed by atoms with Crippen LogP contribution in [0.15, 0.2) is 49.1 Å². The van der Waals surface area contributed by atoms with E-state index in [0.717, 1.165) is 0 Å². The van der Waals surface area contributed by atoms with Crippen LogP contribution in [-0.4, -0.2) is 23.3 Å². The van der Waals surface area contributed by atoms with E-state index in [-0.39, 0.29) is 17.3 Å². The summed E-state index contributed by atoms with van der Waals surface area (Å²) < 4.78 is 0. The maximum atomic E-state index is 12.6. The fraction of sp³-hybridized carbons (Fsp3) is 0.294. The van der Waals surface area contributed by atoms with Crippen LogP contribution in [0, 0.1) is 22.0 Å². The fourth-order valence-corrected chi connectivity index (χ4v) is 2.66. The van der Waals surface area contributed by atoms with Crippen LogP contribution in [0.5, 0.6) is 0 Å². The highest BCUT2D eigenvalue weighted by Gasteiger charge is 2.34. The minimum Gasteiger partial charge on any atom is -0.352 e. The minimum atomic E-state index is -0.570. The average Bonchev–Trinajstić information content (AvgIpc) is 2.59. The van der Waals surface area contributed by atoms with E-state index in [0.29, 0.717) is 19.4 Å². The van der Waals surface area contributed by atoms with Gasteiger partial charge in [-0.05, 0) is 18.9 Å². The Morgan fingerprint density at radius 1 is 1.21 bits per heavy atom. The summed E-state index contributed by atoms with van der Waals surface area (Å²) in [4.78, 5) is 35.3. The van der Waals surface area contributed by atoms with Crippen molar-refractivity contribution in [1.29, 1.82) is 0 Å². The molecule has 1 aromatic rings. The Morgan fingerprint density at radius 2 is 1.83 bits per heavy atom. The van der Waals surface area contributed by atoms with Crippen molar-refractivity contribution in [1.82, 2.24) is 5.32 Å². The number of nitro benzene ring substituents is 1. The summed E-state index contributed by atoms with van der Waals surface area (Å²) in [5.74, 6) is -1.69. The van der Waals surface area contributed by atoms with Gasteiger partial charge in [-0.1, -0.05) is 30.4 Å². The van der Waals surface area contributed by atoms with Crippen molar-refractivity contribution in [2.24, 2.45) is 11.8 Å². The maximum Gasteiger partial charge on any atom is 0.292 e. The predicted octanol–water partition coefficient (Wildman–Crippen LogP) is 2.42. The largest absolute Gasteiger partial charge is 0.352 e. The average molecular weight is 329 g/mol. The summed E-state index contributed by atoms with van der Waals surface area (Å²) in [6, 6.07) is 5.94. The molecule has 0 aromatic heterocycles. The summed E-state index contributed by atoms with van der Waals surface area (Å²) in [7, 11) is 0. The first kappa shape index (κ1) is 17.4. The monoisotopic (exact) mass is 329 g/mol. The Labute approximate surface area is 139 Å². The number of carbonyl (C=O) groups excluding carboxylic acids is 2. The standard InChI is InChI=1S/C17H19N3O4/c1-2-11-18-16(21)12-7-3-4-8-13(12)17(22)19-14-9-5-6-10-15(14)20(23)24/h2-6,9-10,12-13H,1,7-8,11H2,(H,18,21)(H,19,22)/t12-,13-/m0/s1. The van der Waals surface area contributed by atoms with Crippen LogP contribution in [0.3, 0.4) is 0 Å². The molecule has 2 rings (SSSR count). The third-order valence-corrected chi connectivity index (χ3v) is 3.89. The minimum absolute atomic E-state index is 0.132. The second-order valence-electron chi connectivity index (χ2n) is 5.45. The Kier molecular flexibility index (Phi) is 5.83. The highest BCUT2D eigenvalue weighted by atomic mass is 16.6. The van der Waals surface area contributed by atoms with E-state index in [1.165, 1.54) is 18.2 Å². The lowest BCUT2D eigenvalue weighted by atomic mass is 9.81. The lowest BCUT2D eigenvalue weighted by Crippen LogP contribution is -2.40. The molecule has 7 heteroatoms. The second kappa shape index (κ2) is 8.05. The molecule has 2 atom stereocenters. The molecule has 1 aromatic carbocycles. The zero-order chi connectivity index (χ0) is 17.5. The van der Waals surface area contributed by atoms with Crippen LogP contribution in [-0.2, 0) is 9.59 Å². The number of hydrogen-bond acceptors (Lipinski definition) is 4. The molecule has 2 amide bonds. The number of carbonyl (C=O) groups is 2. The Morgan fingerprint density at radius 3 is 2.46 bits per heavy atom. The molecule has 0 aliphatic heterocycles. The number of anilines is 1. The third-order valence-electron chi connectivity index (χ3n) is 3.89. The number of allylic oxidation sites excluding steroid dienone is 2. The Bertz CT molecular complexity index is 684. The van der Waals surface area contributed by atoms with Crippen molar-refractivity contribution in [3.8, 4) is 0 Å². The summed E-state index contributed by atoms with van der Waals surface area (Å²) in [5, 5.41) is 16.3. The van der Waals surface area contributed by atoms with Gasteiger partial charge in [0.2, 0.25) is 11.8 Å². The number of nitrogens with one attached hydrogen (secondary N) is 2. The Hall–Kier alpha value is -2.96. The number of benzene rings is 1. The van der Waals surface area contributed by atoms with Gasteiger partial charge in [-0.2, -0.15) is 0 Å². The third kappa shape index (κ3) is 4.07. The van der Waals surface area contributed by atoms with Gasteiger partial charge < -0.3 is 10.6 Å². The van der Waals surface area contributed by atoms with Crippen molar-refractivity contribution < 1.29 is 14.5 Å². The fourth-order valence-electron chi connectivity index (χ4n) is 2.66. The summed E-state index contributed by atoms with van der Waals surface area (Å²) in [6.07, 6.45) is 6.16. The quantitative estimate of drug-likeness (QED) is 0.475. The molecule has 7 nitrogen and oxygen atoms in total. The molecule has 0 saturated heterocycles. The predicted molar refractivity (Wildman–Crippen MR) is 90.3 cm³/mol. The summed E-state index contributed by atoms with van der Waals surface area (Å²) in [5.41, 5.74) is -0.0443. The zero-order valence-corrected chi connectivity index (χ0v) is 13.1. The number of para-hydroxylation sites is 2. The lowest BCUT2D eigenvalue weighted by molar-refractivity contribution is -0.383. The van der Waals surface area contributed by atoms with Gasteiger partial charge in [-0.15, -0.1) is 6.58 Å². The van der Waals surface area contributed by atoms with E-state index in [4.69, 9.17) is 0 Å². The topological polar surface area (TPSA) is 101 Å². The molecular formula is C17H19N3O4. The summed E-state index contributed by atoms with van der Waals surface area (Å²) >= 11 is 0. The van der Waals surface area contributed by atoms with Crippen LogP contribution in [0.1, 0.15) is 12.8 Å². The van der Waals surface area contributed by atoms with Gasteiger partial charge >= 0.3 is 0 Å². The Balaban J connectivity index is 2.15. The molecule has 2 N–H and O–H groups in total. The SMILES string of the molecule is C=CCNC(=O)[C@H]1CC=CC[C@@H]1C(=O)Nc1ccccc1[N+](=O)[O-]. The van der Waals surface area contributed by atoms with E-state index in [1.54, 1.807) is 12.1 Å². The van der Waals surface area contributed by atoms with E-state index in [9.17, 15) is 19.7 Å². The number of amides is 2. The van der Waals surface area contributed by atoms with Gasteiger partial charge in [-0.3, -0.25) is 19.7 Å². The number of nitro groups is 1. The van der Waals surface area contributed by atoms with Crippen LogP contribution in [0.4, 0.5) is 11.4 Å². The normalized spacial score (nSPS) is 19.3. The first-order valence-electron chi connectivity index (χ1n) is 7.62. The van der Waals surface area contributed by atoms with Crippen LogP contribution in [0.25, 0.3) is 0 Å².